The van der Waals surface area contributed by atoms with E-state index < -0.39 is 0 Å². The Labute approximate surface area is 69.8 Å². The molecule has 0 saturated carbocycles. The van der Waals surface area contributed by atoms with Gasteiger partial charge in [0.25, 0.3) is 0 Å². The van der Waals surface area contributed by atoms with Gasteiger partial charge >= 0.3 is 0 Å². The standard InChI is InChI=1S/C5H9N5S/c1-3-2-4(9-10-6)8-5(11)7-3/h3-4H,2H2,1H3,(H2,7,8,11)/t3-,4-/m0/s1. The fourth-order valence-corrected chi connectivity index (χ4v) is 1.35. The van der Waals surface area contributed by atoms with E-state index in [9.17, 15) is 0 Å². The number of thiocarbonyl (C=S) groups is 1. The number of rotatable bonds is 1. The van der Waals surface area contributed by atoms with Crippen LogP contribution in [-0.2, 0) is 0 Å². The molecule has 2 atom stereocenters. The largest absolute Gasteiger partial charge is 0.360 e. The molecule has 0 bridgehead atoms. The molecule has 60 valence electrons. The highest BCUT2D eigenvalue weighted by Crippen LogP contribution is 2.04. The van der Waals surface area contributed by atoms with Gasteiger partial charge in [0.15, 0.2) is 5.11 Å². The van der Waals surface area contributed by atoms with E-state index in [1.807, 2.05) is 6.92 Å². The normalized spacial score (nSPS) is 29.7. The fraction of sp³-hybridized carbons (Fsp3) is 0.800. The molecule has 1 heterocycles. The van der Waals surface area contributed by atoms with Crippen molar-refractivity contribution in [1.82, 2.24) is 10.6 Å². The highest BCUT2D eigenvalue weighted by Gasteiger charge is 2.18. The third-order valence-corrected chi connectivity index (χ3v) is 1.68. The maximum Gasteiger partial charge on any atom is 0.166 e. The molecule has 1 saturated heterocycles. The summed E-state index contributed by atoms with van der Waals surface area (Å²) < 4.78 is 0. The summed E-state index contributed by atoms with van der Waals surface area (Å²) in [5.41, 5.74) is 8.15. The topological polar surface area (TPSA) is 72.8 Å². The van der Waals surface area contributed by atoms with Crippen LogP contribution in [0.2, 0.25) is 0 Å². The summed E-state index contributed by atoms with van der Waals surface area (Å²) in [7, 11) is 0. The van der Waals surface area contributed by atoms with Crippen LogP contribution >= 0.6 is 12.2 Å². The van der Waals surface area contributed by atoms with Crippen molar-refractivity contribution in [3.8, 4) is 0 Å². The van der Waals surface area contributed by atoms with Crippen LogP contribution in [0, 0.1) is 0 Å². The van der Waals surface area contributed by atoms with Crippen molar-refractivity contribution >= 4 is 17.3 Å². The molecule has 0 aromatic heterocycles. The highest BCUT2D eigenvalue weighted by atomic mass is 32.1. The summed E-state index contributed by atoms with van der Waals surface area (Å²) in [6, 6.07) is 0.277. The van der Waals surface area contributed by atoms with Gasteiger partial charge in [-0.3, -0.25) is 0 Å². The van der Waals surface area contributed by atoms with Gasteiger partial charge in [-0.25, -0.2) is 0 Å². The first-order chi connectivity index (χ1) is 5.22. The van der Waals surface area contributed by atoms with Crippen molar-refractivity contribution in [2.75, 3.05) is 0 Å². The average Bonchev–Trinajstić information content (AvgIpc) is 1.85. The van der Waals surface area contributed by atoms with E-state index in [4.69, 9.17) is 17.7 Å². The predicted molar refractivity (Wildman–Crippen MR) is 45.9 cm³/mol. The van der Waals surface area contributed by atoms with Gasteiger partial charge in [-0.1, -0.05) is 5.11 Å². The smallest absolute Gasteiger partial charge is 0.166 e. The van der Waals surface area contributed by atoms with Crippen molar-refractivity contribution in [2.24, 2.45) is 5.11 Å². The molecule has 6 heteroatoms. The van der Waals surface area contributed by atoms with E-state index in [-0.39, 0.29) is 12.2 Å². The Bertz CT molecular complexity index is 209. The second kappa shape index (κ2) is 3.41. The first kappa shape index (κ1) is 8.10. The molecule has 0 aromatic carbocycles. The van der Waals surface area contributed by atoms with E-state index >= 15 is 0 Å². The van der Waals surface area contributed by atoms with Crippen LogP contribution in [0.4, 0.5) is 0 Å². The van der Waals surface area contributed by atoms with Gasteiger partial charge in [-0.2, -0.15) is 0 Å². The molecule has 0 aliphatic carbocycles. The zero-order chi connectivity index (χ0) is 8.27. The van der Waals surface area contributed by atoms with Crippen molar-refractivity contribution in [3.05, 3.63) is 10.4 Å². The van der Waals surface area contributed by atoms with Crippen molar-refractivity contribution in [2.45, 2.75) is 25.6 Å². The lowest BCUT2D eigenvalue weighted by Crippen LogP contribution is -2.52. The molecule has 5 nitrogen and oxygen atoms in total. The molecule has 1 aliphatic rings. The lowest BCUT2D eigenvalue weighted by molar-refractivity contribution is 0.452. The predicted octanol–water partition coefficient (Wildman–Crippen LogP) is 0.879. The zero-order valence-corrected chi connectivity index (χ0v) is 6.93. The molecular weight excluding hydrogens is 162 g/mol. The van der Waals surface area contributed by atoms with E-state index in [2.05, 4.69) is 20.7 Å². The quantitative estimate of drug-likeness (QED) is 0.266. The van der Waals surface area contributed by atoms with Crippen LogP contribution in [0.1, 0.15) is 13.3 Å². The van der Waals surface area contributed by atoms with Crippen LogP contribution in [-0.4, -0.2) is 17.3 Å². The monoisotopic (exact) mass is 171 g/mol. The summed E-state index contributed by atoms with van der Waals surface area (Å²) in [5, 5.41) is 9.94. The Kier molecular flexibility index (Phi) is 2.51. The number of hydrogen-bond donors (Lipinski definition) is 2. The second-order valence-corrected chi connectivity index (χ2v) is 2.88. The Morgan fingerprint density at radius 3 is 3.00 bits per heavy atom. The number of azide groups is 1. The molecule has 0 radical (unpaired) electrons. The zero-order valence-electron chi connectivity index (χ0n) is 6.11. The summed E-state index contributed by atoms with van der Waals surface area (Å²) in [4.78, 5) is 2.70. The summed E-state index contributed by atoms with van der Waals surface area (Å²) >= 11 is 4.87. The van der Waals surface area contributed by atoms with Gasteiger partial charge in [-0.05, 0) is 31.1 Å². The number of nitrogens with one attached hydrogen (secondary N) is 2. The highest BCUT2D eigenvalue weighted by molar-refractivity contribution is 7.80. The molecule has 0 amide bonds. The molecule has 1 fully saturated rings. The molecule has 0 unspecified atom stereocenters. The van der Waals surface area contributed by atoms with E-state index in [0.29, 0.717) is 5.11 Å². The summed E-state index contributed by atoms with van der Waals surface area (Å²) in [6.07, 6.45) is 0.577. The first-order valence-corrected chi connectivity index (χ1v) is 3.74. The number of hydrogen-bond acceptors (Lipinski definition) is 2. The second-order valence-electron chi connectivity index (χ2n) is 2.48. The fourth-order valence-electron chi connectivity index (χ4n) is 1.01. The third-order valence-electron chi connectivity index (χ3n) is 1.44. The minimum absolute atomic E-state index is 0.191. The van der Waals surface area contributed by atoms with Gasteiger partial charge in [-0.15, -0.1) is 0 Å². The minimum Gasteiger partial charge on any atom is -0.360 e. The third kappa shape index (κ3) is 2.25. The molecule has 0 spiro atoms. The van der Waals surface area contributed by atoms with Crippen LogP contribution in [0.15, 0.2) is 5.11 Å². The Morgan fingerprint density at radius 2 is 2.45 bits per heavy atom. The van der Waals surface area contributed by atoms with E-state index in [0.717, 1.165) is 6.42 Å². The van der Waals surface area contributed by atoms with Gasteiger partial charge in [0.1, 0.15) is 6.17 Å². The lowest BCUT2D eigenvalue weighted by atomic mass is 10.2. The molecule has 11 heavy (non-hydrogen) atoms. The molecule has 2 N–H and O–H groups in total. The van der Waals surface area contributed by atoms with Crippen LogP contribution in [0.3, 0.4) is 0 Å². The minimum atomic E-state index is -0.191. The van der Waals surface area contributed by atoms with Gasteiger partial charge in [0.05, 0.1) is 0 Å². The van der Waals surface area contributed by atoms with E-state index in [1.165, 1.54) is 0 Å². The number of nitrogens with zero attached hydrogens (tertiary/aromatic N) is 3. The van der Waals surface area contributed by atoms with Crippen LogP contribution in [0.25, 0.3) is 10.4 Å². The Balaban J connectivity index is 2.56. The lowest BCUT2D eigenvalue weighted by Gasteiger charge is -2.27. The van der Waals surface area contributed by atoms with Crippen molar-refractivity contribution < 1.29 is 0 Å². The van der Waals surface area contributed by atoms with Gasteiger partial charge in [0, 0.05) is 11.0 Å². The van der Waals surface area contributed by atoms with Gasteiger partial charge < -0.3 is 10.6 Å². The van der Waals surface area contributed by atoms with Crippen molar-refractivity contribution in [3.63, 3.8) is 0 Å². The SMILES string of the molecule is C[C@H]1C[C@H](N=[N+]=[N-])NC(=S)N1. The summed E-state index contributed by atoms with van der Waals surface area (Å²) in [6.45, 7) is 1.99. The average molecular weight is 171 g/mol. The van der Waals surface area contributed by atoms with Crippen LogP contribution in [0.5, 0.6) is 0 Å². The Hall–Kier alpha value is -1.00. The molecule has 1 aliphatic heterocycles. The van der Waals surface area contributed by atoms with E-state index in [1.54, 1.807) is 0 Å². The van der Waals surface area contributed by atoms with Crippen molar-refractivity contribution in [1.29, 1.82) is 0 Å². The maximum atomic E-state index is 8.15. The molecule has 1 rings (SSSR count). The van der Waals surface area contributed by atoms with Gasteiger partial charge in [0.2, 0.25) is 0 Å². The molecular formula is C5H9N5S. The Morgan fingerprint density at radius 1 is 1.73 bits per heavy atom. The molecule has 0 aromatic rings. The maximum absolute atomic E-state index is 8.15. The summed E-state index contributed by atoms with van der Waals surface area (Å²) in [5.74, 6) is 0. The van der Waals surface area contributed by atoms with Crippen LogP contribution < -0.4 is 10.6 Å². The first-order valence-electron chi connectivity index (χ1n) is 3.33.